The van der Waals surface area contributed by atoms with Crippen LogP contribution in [0.2, 0.25) is 0 Å². The summed E-state index contributed by atoms with van der Waals surface area (Å²) in [6.07, 6.45) is 0.755. The minimum absolute atomic E-state index is 0.0769. The average molecular weight is 335 g/mol. The molecule has 0 saturated heterocycles. The molecule has 24 heavy (non-hydrogen) atoms. The molecule has 0 radical (unpaired) electrons. The number of nitrogens with one attached hydrogen (secondary N) is 1. The zero-order valence-corrected chi connectivity index (χ0v) is 12.9. The zero-order chi connectivity index (χ0) is 17.7. The highest BCUT2D eigenvalue weighted by Gasteiger charge is 2.28. The highest BCUT2D eigenvalue weighted by atomic mass is 16.5. The Morgan fingerprint density at radius 3 is 2.62 bits per heavy atom. The molecule has 128 valence electrons. The molecule has 2 aliphatic heterocycles. The Morgan fingerprint density at radius 1 is 1.38 bits per heavy atom. The summed E-state index contributed by atoms with van der Waals surface area (Å²) >= 11 is 0. The fraction of sp³-hybridized carbons (Fsp3) is 0.333. The Kier molecular flexibility index (Phi) is 5.35. The number of hydrogen-bond acceptors (Lipinski definition) is 7. The van der Waals surface area contributed by atoms with Crippen molar-refractivity contribution in [2.24, 2.45) is 4.99 Å². The maximum Gasteiger partial charge on any atom is 0.414 e. The van der Waals surface area contributed by atoms with Crippen molar-refractivity contribution >= 4 is 29.7 Å². The second kappa shape index (κ2) is 7.44. The molecule has 0 amide bonds. The molecule has 0 spiro atoms. The molecule has 9 nitrogen and oxygen atoms in total. The summed E-state index contributed by atoms with van der Waals surface area (Å²) < 4.78 is 5.93. The van der Waals surface area contributed by atoms with Crippen LogP contribution < -0.4 is 15.0 Å². The fourth-order valence-corrected chi connectivity index (χ4v) is 2.33. The molecule has 3 N–H and O–H groups in total. The van der Waals surface area contributed by atoms with Gasteiger partial charge < -0.3 is 25.2 Å². The van der Waals surface area contributed by atoms with Crippen LogP contribution in [-0.4, -0.2) is 67.1 Å². The number of carbonyl (C=O) groups is 3. The van der Waals surface area contributed by atoms with Crippen LogP contribution in [0.5, 0.6) is 5.75 Å². The van der Waals surface area contributed by atoms with Gasteiger partial charge in [0, 0.05) is 19.2 Å². The number of carboxylic acids is 2. The Morgan fingerprint density at radius 2 is 2.08 bits per heavy atom. The van der Waals surface area contributed by atoms with E-state index in [1.165, 1.54) is 0 Å². The highest BCUT2D eigenvalue weighted by molar-refractivity contribution is 6.27. The predicted octanol–water partition coefficient (Wildman–Crippen LogP) is -0.146. The highest BCUT2D eigenvalue weighted by Crippen LogP contribution is 2.33. The number of carbonyl (C=O) groups excluding carboxylic acids is 1. The van der Waals surface area contributed by atoms with Gasteiger partial charge in [-0.2, -0.15) is 0 Å². The summed E-state index contributed by atoms with van der Waals surface area (Å²) in [5, 5.41) is 18.0. The molecule has 0 bridgehead atoms. The summed E-state index contributed by atoms with van der Waals surface area (Å²) in [5.41, 5.74) is 1.64. The Bertz CT molecular complexity index is 676. The minimum Gasteiger partial charge on any atom is -0.478 e. The van der Waals surface area contributed by atoms with Gasteiger partial charge in [0.1, 0.15) is 17.9 Å². The quantitative estimate of drug-likeness (QED) is 0.503. The third kappa shape index (κ3) is 4.00. The van der Waals surface area contributed by atoms with E-state index < -0.39 is 11.9 Å². The van der Waals surface area contributed by atoms with Crippen molar-refractivity contribution in [1.29, 1.82) is 0 Å². The number of carboxylic acid groups (broad SMARTS) is 2. The van der Waals surface area contributed by atoms with Gasteiger partial charge >= 0.3 is 11.9 Å². The van der Waals surface area contributed by atoms with E-state index in [0.717, 1.165) is 43.2 Å². The van der Waals surface area contributed by atoms with Crippen LogP contribution in [0.1, 0.15) is 10.4 Å². The smallest absolute Gasteiger partial charge is 0.414 e. The van der Waals surface area contributed by atoms with Crippen LogP contribution in [-0.2, 0) is 9.59 Å². The van der Waals surface area contributed by atoms with Crippen LogP contribution in [0.3, 0.4) is 0 Å². The molecular weight excluding hydrogens is 318 g/mol. The van der Waals surface area contributed by atoms with E-state index in [1.807, 2.05) is 13.1 Å². The first-order valence-corrected chi connectivity index (χ1v) is 7.14. The molecule has 3 rings (SSSR count). The van der Waals surface area contributed by atoms with Gasteiger partial charge in [-0.05, 0) is 18.2 Å². The zero-order valence-electron chi connectivity index (χ0n) is 12.9. The third-order valence-corrected chi connectivity index (χ3v) is 3.43. The number of hydrogen-bond donors (Lipinski definition) is 3. The maximum absolute atomic E-state index is 10.8. The Labute approximate surface area is 137 Å². The number of likely N-dealkylation sites (N-methyl/N-ethyl adjacent to an activating group) is 1. The third-order valence-electron chi connectivity index (χ3n) is 3.43. The topological polar surface area (TPSA) is 129 Å². The van der Waals surface area contributed by atoms with Crippen LogP contribution in [0, 0.1) is 0 Å². The van der Waals surface area contributed by atoms with Gasteiger partial charge in [0.2, 0.25) is 0 Å². The van der Waals surface area contributed by atoms with Crippen molar-refractivity contribution in [2.45, 2.75) is 6.10 Å². The normalized spacial score (nSPS) is 18.1. The van der Waals surface area contributed by atoms with Crippen LogP contribution >= 0.6 is 0 Å². The molecule has 1 aromatic carbocycles. The number of anilines is 1. The first-order valence-electron chi connectivity index (χ1n) is 7.14. The number of aliphatic carboxylic acids is 2. The molecule has 0 saturated carbocycles. The number of aldehydes is 1. The summed E-state index contributed by atoms with van der Waals surface area (Å²) in [4.78, 5) is 35.5. The number of benzene rings is 1. The molecule has 2 aliphatic rings. The fourth-order valence-electron chi connectivity index (χ4n) is 2.33. The van der Waals surface area contributed by atoms with Gasteiger partial charge in [0.15, 0.2) is 6.10 Å². The second-order valence-corrected chi connectivity index (χ2v) is 5.14. The van der Waals surface area contributed by atoms with Crippen molar-refractivity contribution in [1.82, 2.24) is 5.32 Å². The van der Waals surface area contributed by atoms with Crippen LogP contribution in [0.25, 0.3) is 0 Å². The lowest BCUT2D eigenvalue weighted by atomic mass is 10.1. The summed E-state index contributed by atoms with van der Waals surface area (Å²) in [7, 11) is 2.02. The van der Waals surface area contributed by atoms with Crippen molar-refractivity contribution in [3.05, 3.63) is 23.8 Å². The minimum atomic E-state index is -1.82. The van der Waals surface area contributed by atoms with E-state index in [9.17, 15) is 4.79 Å². The number of ether oxygens (including phenoxy) is 1. The standard InChI is InChI=1S/C13H15N3O2.C2H2O4/c1-16-7-12(13-14-4-5-15-13)18-11-6-9(8-17)2-3-10(11)16;3-1(4)2(5)6/h2-3,6,8,12H,4-5,7H2,1H3,(H,14,15);(H,3,4)(H,5,6). The van der Waals surface area contributed by atoms with Crippen molar-refractivity contribution in [3.8, 4) is 5.75 Å². The molecule has 0 aliphatic carbocycles. The Balaban J connectivity index is 0.000000301. The SMILES string of the molecule is CN1CC(C2=NCCN2)Oc2cc(C=O)ccc21.O=C(O)C(=O)O. The van der Waals surface area contributed by atoms with Gasteiger partial charge in [0.25, 0.3) is 0 Å². The largest absolute Gasteiger partial charge is 0.478 e. The van der Waals surface area contributed by atoms with E-state index in [0.29, 0.717) is 5.56 Å². The molecule has 0 fully saturated rings. The molecule has 1 unspecified atom stereocenters. The first-order chi connectivity index (χ1) is 11.4. The van der Waals surface area contributed by atoms with E-state index in [4.69, 9.17) is 24.5 Å². The summed E-state index contributed by atoms with van der Waals surface area (Å²) in [6, 6.07) is 5.50. The lowest BCUT2D eigenvalue weighted by molar-refractivity contribution is -0.159. The van der Waals surface area contributed by atoms with Crippen molar-refractivity contribution in [2.75, 3.05) is 31.6 Å². The second-order valence-electron chi connectivity index (χ2n) is 5.14. The molecular formula is C15H17N3O6. The number of fused-ring (bicyclic) bond motifs is 1. The lowest BCUT2D eigenvalue weighted by Gasteiger charge is -2.33. The number of aliphatic imine (C=N–C) groups is 1. The first kappa shape index (κ1) is 17.3. The lowest BCUT2D eigenvalue weighted by Crippen LogP contribution is -2.46. The van der Waals surface area contributed by atoms with Gasteiger partial charge in [-0.25, -0.2) is 9.59 Å². The molecule has 9 heteroatoms. The summed E-state index contributed by atoms with van der Waals surface area (Å²) in [5.74, 6) is -2.00. The summed E-state index contributed by atoms with van der Waals surface area (Å²) in [6.45, 7) is 2.44. The van der Waals surface area contributed by atoms with Crippen LogP contribution in [0.4, 0.5) is 5.69 Å². The maximum atomic E-state index is 10.8. The molecule has 1 aromatic rings. The molecule has 0 aromatic heterocycles. The van der Waals surface area contributed by atoms with Crippen molar-refractivity contribution < 1.29 is 29.3 Å². The van der Waals surface area contributed by atoms with Gasteiger partial charge in [-0.15, -0.1) is 0 Å². The predicted molar refractivity (Wildman–Crippen MR) is 85.1 cm³/mol. The van der Waals surface area contributed by atoms with Crippen molar-refractivity contribution in [3.63, 3.8) is 0 Å². The van der Waals surface area contributed by atoms with Gasteiger partial charge in [-0.3, -0.25) is 9.79 Å². The van der Waals surface area contributed by atoms with Gasteiger partial charge in [0.05, 0.1) is 18.8 Å². The molecule has 1 atom stereocenters. The van der Waals surface area contributed by atoms with E-state index >= 15 is 0 Å². The van der Waals surface area contributed by atoms with E-state index in [-0.39, 0.29) is 6.10 Å². The number of rotatable bonds is 2. The monoisotopic (exact) mass is 335 g/mol. The van der Waals surface area contributed by atoms with E-state index in [2.05, 4.69) is 15.2 Å². The number of nitrogens with zero attached hydrogens (tertiary/aromatic N) is 2. The Hall–Kier alpha value is -3.10. The number of amidine groups is 1. The average Bonchev–Trinajstić information content (AvgIpc) is 3.09. The van der Waals surface area contributed by atoms with E-state index in [1.54, 1.807) is 12.1 Å². The molecule has 2 heterocycles. The van der Waals surface area contributed by atoms with Gasteiger partial charge in [-0.1, -0.05) is 0 Å². The van der Waals surface area contributed by atoms with Crippen LogP contribution in [0.15, 0.2) is 23.2 Å².